The molecule has 2 aliphatic rings. The minimum absolute atomic E-state index is 0.0893. The highest BCUT2D eigenvalue weighted by molar-refractivity contribution is 5.91. The lowest BCUT2D eigenvalue weighted by molar-refractivity contribution is -0.117. The summed E-state index contributed by atoms with van der Waals surface area (Å²) < 4.78 is 7.04. The number of aromatic nitrogens is 5. The fraction of sp³-hybridized carbons (Fsp3) is 0.500. The lowest BCUT2D eigenvalue weighted by Crippen LogP contribution is -2.49. The largest absolute Gasteiger partial charge is 0.360 e. The van der Waals surface area contributed by atoms with Gasteiger partial charge in [-0.15, -0.1) is 10.2 Å². The summed E-state index contributed by atoms with van der Waals surface area (Å²) in [5, 5.41) is 15.3. The molecule has 5 rings (SSSR count). The molecule has 1 saturated carbocycles. The molecule has 1 N–H and O–H groups in total. The minimum atomic E-state index is -0.0893. The summed E-state index contributed by atoms with van der Waals surface area (Å²) in [7, 11) is 0. The summed E-state index contributed by atoms with van der Waals surface area (Å²) in [5.41, 5.74) is 0.817. The molecule has 0 radical (unpaired) electrons. The average molecular weight is 382 g/mol. The van der Waals surface area contributed by atoms with Crippen LogP contribution in [0.1, 0.15) is 30.3 Å². The number of hydrogen-bond acceptors (Lipinski definition) is 8. The molecule has 146 valence electrons. The van der Waals surface area contributed by atoms with Crippen molar-refractivity contribution in [3.63, 3.8) is 0 Å². The number of anilines is 2. The third-order valence-corrected chi connectivity index (χ3v) is 5.21. The SMILES string of the molecule is Cc1cc(NC(=O)CN2CCN(c3nccn4c(C5CC5)nnc34)CC2)no1. The van der Waals surface area contributed by atoms with Crippen LogP contribution in [0.4, 0.5) is 11.6 Å². The molecule has 1 amide bonds. The van der Waals surface area contributed by atoms with Gasteiger partial charge in [-0.2, -0.15) is 0 Å². The van der Waals surface area contributed by atoms with Crippen molar-refractivity contribution in [3.05, 3.63) is 30.0 Å². The normalized spacial score (nSPS) is 18.0. The van der Waals surface area contributed by atoms with Gasteiger partial charge in [0.1, 0.15) is 11.6 Å². The molecule has 1 aliphatic carbocycles. The van der Waals surface area contributed by atoms with E-state index in [-0.39, 0.29) is 5.91 Å². The van der Waals surface area contributed by atoms with Crippen LogP contribution in [-0.2, 0) is 4.79 Å². The Labute approximate surface area is 161 Å². The van der Waals surface area contributed by atoms with Gasteiger partial charge in [-0.1, -0.05) is 5.16 Å². The first-order chi connectivity index (χ1) is 13.7. The van der Waals surface area contributed by atoms with Crippen LogP contribution in [0.25, 0.3) is 5.65 Å². The Morgan fingerprint density at radius 1 is 1.25 bits per heavy atom. The Hall–Kier alpha value is -3.01. The number of carbonyl (C=O) groups is 1. The van der Waals surface area contributed by atoms with Crippen molar-refractivity contribution in [2.24, 2.45) is 0 Å². The Balaban J connectivity index is 1.21. The van der Waals surface area contributed by atoms with Gasteiger partial charge < -0.3 is 14.7 Å². The van der Waals surface area contributed by atoms with Gasteiger partial charge in [0.25, 0.3) is 0 Å². The highest BCUT2D eigenvalue weighted by atomic mass is 16.5. The molecule has 1 aliphatic heterocycles. The van der Waals surface area contributed by atoms with E-state index in [1.807, 2.05) is 12.4 Å². The predicted octanol–water partition coefficient (Wildman–Crippen LogP) is 1.06. The number of amides is 1. The van der Waals surface area contributed by atoms with Crippen LogP contribution in [0.15, 0.2) is 23.0 Å². The smallest absolute Gasteiger partial charge is 0.239 e. The van der Waals surface area contributed by atoms with E-state index in [1.54, 1.807) is 13.0 Å². The molecule has 0 unspecified atom stereocenters. The maximum Gasteiger partial charge on any atom is 0.239 e. The number of nitrogens with one attached hydrogen (secondary N) is 1. The van der Waals surface area contributed by atoms with Crippen LogP contribution in [0, 0.1) is 6.92 Å². The van der Waals surface area contributed by atoms with Crippen LogP contribution < -0.4 is 10.2 Å². The van der Waals surface area contributed by atoms with E-state index in [9.17, 15) is 4.79 Å². The maximum absolute atomic E-state index is 12.2. The molecular formula is C18H22N8O2. The third kappa shape index (κ3) is 3.31. The van der Waals surface area contributed by atoms with Crippen molar-refractivity contribution >= 4 is 23.2 Å². The highest BCUT2D eigenvalue weighted by Gasteiger charge is 2.30. The Morgan fingerprint density at radius 3 is 2.79 bits per heavy atom. The fourth-order valence-corrected chi connectivity index (χ4v) is 3.60. The van der Waals surface area contributed by atoms with Gasteiger partial charge in [0.15, 0.2) is 11.6 Å². The van der Waals surface area contributed by atoms with Crippen molar-refractivity contribution < 1.29 is 9.32 Å². The van der Waals surface area contributed by atoms with Crippen molar-refractivity contribution in [3.8, 4) is 0 Å². The number of piperazine rings is 1. The first kappa shape index (κ1) is 17.1. The molecule has 10 nitrogen and oxygen atoms in total. The van der Waals surface area contributed by atoms with Gasteiger partial charge in [0.2, 0.25) is 11.6 Å². The summed E-state index contributed by atoms with van der Waals surface area (Å²) in [6, 6.07) is 1.70. The molecule has 4 heterocycles. The number of nitrogens with zero attached hydrogens (tertiary/aromatic N) is 7. The standard InChI is InChI=1S/C18H22N8O2/c1-12-10-14(23-28-12)20-15(27)11-24-6-8-25(9-7-24)17-18-22-21-16(13-2-3-13)26(18)5-4-19-17/h4-5,10,13H,2-3,6-9,11H2,1H3,(H,20,23,27). The second-order valence-corrected chi connectivity index (χ2v) is 7.41. The predicted molar refractivity (Wildman–Crippen MR) is 101 cm³/mol. The second kappa shape index (κ2) is 6.86. The Kier molecular flexibility index (Phi) is 4.19. The Bertz CT molecular complexity index is 1000. The van der Waals surface area contributed by atoms with Gasteiger partial charge in [-0.3, -0.25) is 14.1 Å². The number of carbonyl (C=O) groups excluding carboxylic acids is 1. The van der Waals surface area contributed by atoms with Gasteiger partial charge in [0.05, 0.1) is 6.54 Å². The van der Waals surface area contributed by atoms with Gasteiger partial charge in [-0.25, -0.2) is 4.98 Å². The van der Waals surface area contributed by atoms with E-state index >= 15 is 0 Å². The fourth-order valence-electron chi connectivity index (χ4n) is 3.60. The molecule has 0 bridgehead atoms. The van der Waals surface area contributed by atoms with Crippen LogP contribution in [0.5, 0.6) is 0 Å². The zero-order valence-corrected chi connectivity index (χ0v) is 15.7. The molecule has 10 heteroatoms. The minimum Gasteiger partial charge on any atom is -0.360 e. The topological polar surface area (TPSA) is 105 Å². The van der Waals surface area contributed by atoms with Crippen LogP contribution in [0.2, 0.25) is 0 Å². The van der Waals surface area contributed by atoms with E-state index < -0.39 is 0 Å². The van der Waals surface area contributed by atoms with E-state index in [2.05, 4.69) is 39.9 Å². The molecule has 3 aromatic rings. The third-order valence-electron chi connectivity index (χ3n) is 5.21. The monoisotopic (exact) mass is 382 g/mol. The summed E-state index contributed by atoms with van der Waals surface area (Å²) in [5.74, 6) is 3.47. The summed E-state index contributed by atoms with van der Waals surface area (Å²) in [6.45, 7) is 5.24. The first-order valence-corrected chi connectivity index (χ1v) is 9.57. The number of rotatable bonds is 5. The average Bonchev–Trinajstić information content (AvgIpc) is 3.31. The molecular weight excluding hydrogens is 360 g/mol. The summed E-state index contributed by atoms with van der Waals surface area (Å²) >= 11 is 0. The Morgan fingerprint density at radius 2 is 2.07 bits per heavy atom. The molecule has 28 heavy (non-hydrogen) atoms. The van der Waals surface area contributed by atoms with Crippen molar-refractivity contribution in [2.45, 2.75) is 25.7 Å². The molecule has 0 aromatic carbocycles. The van der Waals surface area contributed by atoms with Gasteiger partial charge >= 0.3 is 0 Å². The zero-order valence-electron chi connectivity index (χ0n) is 15.7. The molecule has 0 atom stereocenters. The highest BCUT2D eigenvalue weighted by Crippen LogP contribution is 2.39. The summed E-state index contributed by atoms with van der Waals surface area (Å²) in [6.07, 6.45) is 6.14. The van der Waals surface area contributed by atoms with E-state index in [0.29, 0.717) is 24.0 Å². The van der Waals surface area contributed by atoms with Gasteiger partial charge in [0, 0.05) is 50.6 Å². The molecule has 2 fully saturated rings. The lowest BCUT2D eigenvalue weighted by Gasteiger charge is -2.34. The quantitative estimate of drug-likeness (QED) is 0.698. The van der Waals surface area contributed by atoms with Crippen molar-refractivity contribution in [1.29, 1.82) is 0 Å². The molecule has 3 aromatic heterocycles. The van der Waals surface area contributed by atoms with Crippen molar-refractivity contribution in [2.75, 3.05) is 42.9 Å². The zero-order chi connectivity index (χ0) is 19.1. The van der Waals surface area contributed by atoms with E-state index in [4.69, 9.17) is 4.52 Å². The van der Waals surface area contributed by atoms with E-state index in [1.165, 1.54) is 12.8 Å². The van der Waals surface area contributed by atoms with Crippen LogP contribution in [0.3, 0.4) is 0 Å². The molecule has 1 saturated heterocycles. The van der Waals surface area contributed by atoms with E-state index in [0.717, 1.165) is 43.5 Å². The first-order valence-electron chi connectivity index (χ1n) is 9.57. The number of fused-ring (bicyclic) bond motifs is 1. The lowest BCUT2D eigenvalue weighted by atomic mass is 10.3. The van der Waals surface area contributed by atoms with Crippen molar-refractivity contribution in [1.82, 2.24) is 29.6 Å². The molecule has 0 spiro atoms. The van der Waals surface area contributed by atoms with Crippen LogP contribution >= 0.6 is 0 Å². The maximum atomic E-state index is 12.2. The number of aryl methyl sites for hydroxylation is 1. The van der Waals surface area contributed by atoms with Gasteiger partial charge in [-0.05, 0) is 19.8 Å². The second-order valence-electron chi connectivity index (χ2n) is 7.41. The summed E-state index contributed by atoms with van der Waals surface area (Å²) in [4.78, 5) is 21.1. The number of hydrogen-bond donors (Lipinski definition) is 1. The van der Waals surface area contributed by atoms with Crippen LogP contribution in [-0.4, -0.2) is 68.3 Å².